The fourth-order valence-electron chi connectivity index (χ4n) is 1.70. The van der Waals surface area contributed by atoms with Crippen LogP contribution in [-0.2, 0) is 0 Å². The molecule has 1 N–H and O–H groups in total. The van der Waals surface area contributed by atoms with Crippen LogP contribution in [0.25, 0.3) is 0 Å². The third-order valence-electron chi connectivity index (χ3n) is 2.63. The molecule has 1 unspecified atom stereocenters. The summed E-state index contributed by atoms with van der Waals surface area (Å²) in [4.78, 5) is 8.44. The molecule has 0 aromatic carbocycles. The molecule has 2 heterocycles. The third-order valence-corrected chi connectivity index (χ3v) is 3.06. The normalized spacial score (nSPS) is 12.2. The summed E-state index contributed by atoms with van der Waals surface area (Å²) in [5.74, 6) is 1.39. The molecule has 0 bridgehead atoms. The average Bonchev–Trinajstić information content (AvgIpc) is 2.40. The highest BCUT2D eigenvalue weighted by Gasteiger charge is 2.05. The molecule has 19 heavy (non-hydrogen) atoms. The molecule has 5 heteroatoms. The van der Waals surface area contributed by atoms with Crippen LogP contribution < -0.4 is 10.1 Å². The highest BCUT2D eigenvalue weighted by Crippen LogP contribution is 2.23. The van der Waals surface area contributed by atoms with Gasteiger partial charge in [-0.05, 0) is 47.6 Å². The molecule has 100 valence electrons. The molecule has 0 spiro atoms. The highest BCUT2D eigenvalue weighted by molar-refractivity contribution is 9.10. The number of halogens is 1. The Morgan fingerprint density at radius 3 is 2.74 bits per heavy atom. The standard InChI is InChI=1S/C14H16BrN3O/c1-3-17-10(2)14-5-4-12(9-18-14)19-13-6-11(15)7-16-8-13/h4-10,17H,3H2,1-2H3. The van der Waals surface area contributed by atoms with Gasteiger partial charge in [-0.1, -0.05) is 6.92 Å². The van der Waals surface area contributed by atoms with Crippen molar-refractivity contribution in [1.29, 1.82) is 0 Å². The first-order valence-electron chi connectivity index (χ1n) is 6.16. The van der Waals surface area contributed by atoms with Crippen molar-refractivity contribution in [3.05, 3.63) is 47.0 Å². The van der Waals surface area contributed by atoms with E-state index in [1.54, 1.807) is 18.6 Å². The van der Waals surface area contributed by atoms with Gasteiger partial charge >= 0.3 is 0 Å². The van der Waals surface area contributed by atoms with Crippen LogP contribution in [0.1, 0.15) is 25.6 Å². The minimum absolute atomic E-state index is 0.242. The first kappa shape index (κ1) is 14.0. The summed E-state index contributed by atoms with van der Waals surface area (Å²) in [6, 6.07) is 5.99. The van der Waals surface area contributed by atoms with E-state index in [0.717, 1.165) is 16.7 Å². The van der Waals surface area contributed by atoms with E-state index in [9.17, 15) is 0 Å². The molecule has 0 aliphatic heterocycles. The number of hydrogen-bond donors (Lipinski definition) is 1. The molecule has 2 rings (SSSR count). The Labute approximate surface area is 121 Å². The summed E-state index contributed by atoms with van der Waals surface area (Å²) >= 11 is 3.36. The summed E-state index contributed by atoms with van der Waals surface area (Å²) in [7, 11) is 0. The number of nitrogens with zero attached hydrogens (tertiary/aromatic N) is 2. The lowest BCUT2D eigenvalue weighted by Crippen LogP contribution is -2.18. The van der Waals surface area contributed by atoms with Crippen LogP contribution in [-0.4, -0.2) is 16.5 Å². The fourth-order valence-corrected chi connectivity index (χ4v) is 2.05. The van der Waals surface area contributed by atoms with Gasteiger partial charge in [0.2, 0.25) is 0 Å². The molecule has 4 nitrogen and oxygen atoms in total. The van der Waals surface area contributed by atoms with Crippen LogP contribution in [0.4, 0.5) is 0 Å². The first-order valence-corrected chi connectivity index (χ1v) is 6.96. The Hall–Kier alpha value is -1.46. The van der Waals surface area contributed by atoms with Gasteiger partial charge in [0.1, 0.15) is 11.5 Å². The summed E-state index contributed by atoms with van der Waals surface area (Å²) < 4.78 is 6.56. The minimum atomic E-state index is 0.242. The number of pyridine rings is 2. The maximum atomic E-state index is 5.68. The van der Waals surface area contributed by atoms with Gasteiger partial charge in [-0.3, -0.25) is 9.97 Å². The Balaban J connectivity index is 2.06. The van der Waals surface area contributed by atoms with Crippen molar-refractivity contribution in [2.24, 2.45) is 0 Å². The van der Waals surface area contributed by atoms with Gasteiger partial charge in [0, 0.05) is 16.7 Å². The van der Waals surface area contributed by atoms with Crippen LogP contribution in [0.2, 0.25) is 0 Å². The summed E-state index contributed by atoms with van der Waals surface area (Å²) in [6.45, 7) is 5.09. The molecule has 0 radical (unpaired) electrons. The van der Waals surface area contributed by atoms with Crippen molar-refractivity contribution < 1.29 is 4.74 Å². The van der Waals surface area contributed by atoms with E-state index in [0.29, 0.717) is 11.5 Å². The number of aromatic nitrogens is 2. The number of ether oxygens (including phenoxy) is 1. The fraction of sp³-hybridized carbons (Fsp3) is 0.286. The van der Waals surface area contributed by atoms with E-state index < -0.39 is 0 Å². The van der Waals surface area contributed by atoms with Crippen LogP contribution in [0.5, 0.6) is 11.5 Å². The van der Waals surface area contributed by atoms with E-state index in [-0.39, 0.29) is 6.04 Å². The van der Waals surface area contributed by atoms with Gasteiger partial charge in [0.15, 0.2) is 0 Å². The smallest absolute Gasteiger partial charge is 0.146 e. The maximum Gasteiger partial charge on any atom is 0.146 e. The van der Waals surface area contributed by atoms with Gasteiger partial charge < -0.3 is 10.1 Å². The minimum Gasteiger partial charge on any atom is -0.454 e. The lowest BCUT2D eigenvalue weighted by molar-refractivity contribution is 0.475. The summed E-state index contributed by atoms with van der Waals surface area (Å²) in [6.07, 6.45) is 5.11. The second-order valence-corrected chi connectivity index (χ2v) is 5.05. The average molecular weight is 322 g/mol. The largest absolute Gasteiger partial charge is 0.454 e. The van der Waals surface area contributed by atoms with Crippen molar-refractivity contribution in [3.8, 4) is 11.5 Å². The van der Waals surface area contributed by atoms with E-state index in [2.05, 4.69) is 45.1 Å². The topological polar surface area (TPSA) is 47.0 Å². The van der Waals surface area contributed by atoms with Crippen molar-refractivity contribution in [1.82, 2.24) is 15.3 Å². The SMILES string of the molecule is CCNC(C)c1ccc(Oc2cncc(Br)c2)cn1. The monoisotopic (exact) mass is 321 g/mol. The predicted octanol–water partition coefficient (Wildman–Crippen LogP) is 3.70. The van der Waals surface area contributed by atoms with Crippen molar-refractivity contribution in [3.63, 3.8) is 0 Å². The molecule has 2 aromatic heterocycles. The number of nitrogens with one attached hydrogen (secondary N) is 1. The highest BCUT2D eigenvalue weighted by atomic mass is 79.9. The zero-order valence-corrected chi connectivity index (χ0v) is 12.5. The Morgan fingerprint density at radius 2 is 2.11 bits per heavy atom. The molecule has 0 saturated heterocycles. The lowest BCUT2D eigenvalue weighted by atomic mass is 10.2. The van der Waals surface area contributed by atoms with Crippen molar-refractivity contribution >= 4 is 15.9 Å². The van der Waals surface area contributed by atoms with Gasteiger partial charge in [-0.15, -0.1) is 0 Å². The van der Waals surface area contributed by atoms with Crippen LogP contribution in [0, 0.1) is 0 Å². The zero-order chi connectivity index (χ0) is 13.7. The second kappa shape index (κ2) is 6.63. The van der Waals surface area contributed by atoms with Gasteiger partial charge in [0.25, 0.3) is 0 Å². The molecule has 0 aliphatic rings. The van der Waals surface area contributed by atoms with Crippen LogP contribution in [0.15, 0.2) is 41.3 Å². The Kier molecular flexibility index (Phi) is 4.87. The predicted molar refractivity (Wildman–Crippen MR) is 78.3 cm³/mol. The third kappa shape index (κ3) is 4.01. The van der Waals surface area contributed by atoms with Gasteiger partial charge in [-0.25, -0.2) is 0 Å². The second-order valence-electron chi connectivity index (χ2n) is 4.14. The van der Waals surface area contributed by atoms with E-state index in [1.807, 2.05) is 18.2 Å². The molecule has 0 saturated carbocycles. The molecule has 0 amide bonds. The number of rotatable bonds is 5. The molecule has 2 aromatic rings. The Morgan fingerprint density at radius 1 is 1.26 bits per heavy atom. The maximum absolute atomic E-state index is 5.68. The van der Waals surface area contributed by atoms with E-state index in [1.165, 1.54) is 0 Å². The zero-order valence-electron chi connectivity index (χ0n) is 10.9. The summed E-state index contributed by atoms with van der Waals surface area (Å²) in [5, 5.41) is 3.32. The molecular formula is C14H16BrN3O. The van der Waals surface area contributed by atoms with Crippen molar-refractivity contribution in [2.75, 3.05) is 6.54 Å². The van der Waals surface area contributed by atoms with Gasteiger partial charge in [-0.2, -0.15) is 0 Å². The van der Waals surface area contributed by atoms with E-state index in [4.69, 9.17) is 4.74 Å². The first-order chi connectivity index (χ1) is 9.19. The molecule has 1 atom stereocenters. The van der Waals surface area contributed by atoms with Crippen LogP contribution >= 0.6 is 15.9 Å². The van der Waals surface area contributed by atoms with Crippen LogP contribution in [0.3, 0.4) is 0 Å². The van der Waals surface area contributed by atoms with E-state index >= 15 is 0 Å². The quantitative estimate of drug-likeness (QED) is 0.912. The number of hydrogen-bond acceptors (Lipinski definition) is 4. The van der Waals surface area contributed by atoms with Crippen molar-refractivity contribution in [2.45, 2.75) is 19.9 Å². The molecule has 0 aliphatic carbocycles. The molecule has 0 fully saturated rings. The summed E-state index contributed by atoms with van der Waals surface area (Å²) in [5.41, 5.74) is 1.00. The van der Waals surface area contributed by atoms with Gasteiger partial charge in [0.05, 0.1) is 18.1 Å². The molecular weight excluding hydrogens is 306 g/mol. The Bertz CT molecular complexity index is 530. The lowest BCUT2D eigenvalue weighted by Gasteiger charge is -2.12.